The predicted molar refractivity (Wildman–Crippen MR) is 282 cm³/mol. The quantitative estimate of drug-likeness (QED) is 0.147. The highest BCUT2D eigenvalue weighted by molar-refractivity contribution is 5.90. The van der Waals surface area contributed by atoms with Crippen LogP contribution in [0.15, 0.2) is 113 Å². The standard InChI is InChI=1S/C63H80N2O/c1-16-42-23-24-45(35-43(42)17-2)64(46-25-26-50-51(37-46)59(6,7)28-27-58(50,4)5)47-33-41(3)34-48(36-47)65(56-40-54-57(66-56)63(14,15)32-31-62(54,12)13)55-39-53-52(60(8,9)29-30-61(53,10)11)38-49(55)44-21-19-18-20-22-44/h18-26,33-40,52-53H,16-17,27-32H2,1-15H3. The molecular weight excluding hydrogens is 801 g/mol. The molecule has 1 saturated carbocycles. The van der Waals surface area contributed by atoms with Crippen LogP contribution < -0.4 is 9.80 Å². The fourth-order valence-corrected chi connectivity index (χ4v) is 12.5. The maximum Gasteiger partial charge on any atom is 0.204 e. The average molecular weight is 881 g/mol. The van der Waals surface area contributed by atoms with Gasteiger partial charge < -0.3 is 9.32 Å². The summed E-state index contributed by atoms with van der Waals surface area (Å²) in [5.74, 6) is 2.81. The lowest BCUT2D eigenvalue weighted by Crippen LogP contribution is -2.44. The summed E-state index contributed by atoms with van der Waals surface area (Å²) in [6.07, 6.45) is 14.4. The van der Waals surface area contributed by atoms with Crippen LogP contribution in [0.3, 0.4) is 0 Å². The van der Waals surface area contributed by atoms with E-state index >= 15 is 0 Å². The minimum absolute atomic E-state index is 0.00277. The Bertz CT molecular complexity index is 2680. The third-order valence-corrected chi connectivity index (χ3v) is 17.4. The molecule has 0 bridgehead atoms. The average Bonchev–Trinajstić information content (AvgIpc) is 3.74. The van der Waals surface area contributed by atoms with Crippen molar-refractivity contribution in [2.45, 2.75) is 177 Å². The molecular formula is C63H80N2O. The molecule has 4 aliphatic rings. The van der Waals surface area contributed by atoms with Crippen LogP contribution in [-0.2, 0) is 34.5 Å². The van der Waals surface area contributed by atoms with Crippen molar-refractivity contribution in [3.8, 4) is 0 Å². The van der Waals surface area contributed by atoms with Gasteiger partial charge in [-0.2, -0.15) is 0 Å². The number of aryl methyl sites for hydroxylation is 3. The molecule has 1 heterocycles. The first-order valence-corrected chi connectivity index (χ1v) is 25.6. The van der Waals surface area contributed by atoms with Crippen molar-refractivity contribution in [2.75, 3.05) is 9.80 Å². The predicted octanol–water partition coefficient (Wildman–Crippen LogP) is 18.1. The number of hydrogen-bond donors (Lipinski definition) is 0. The molecule has 4 aliphatic carbocycles. The Labute approximate surface area is 399 Å². The van der Waals surface area contributed by atoms with Crippen LogP contribution in [0.5, 0.6) is 0 Å². The van der Waals surface area contributed by atoms with Gasteiger partial charge in [-0.1, -0.05) is 152 Å². The number of hydrogen-bond acceptors (Lipinski definition) is 3. The molecule has 9 rings (SSSR count). The third-order valence-electron chi connectivity index (χ3n) is 17.4. The summed E-state index contributed by atoms with van der Waals surface area (Å²) in [5, 5.41) is 0. The van der Waals surface area contributed by atoms with E-state index in [2.05, 4.69) is 217 Å². The lowest BCUT2D eigenvalue weighted by Gasteiger charge is -2.52. The Morgan fingerprint density at radius 1 is 0.485 bits per heavy atom. The fourth-order valence-electron chi connectivity index (χ4n) is 12.5. The molecule has 3 heteroatoms. The fraction of sp³-hybridized carbons (Fsp3) is 0.492. The SMILES string of the molecule is CCc1ccc(N(c2cc(C)cc(N(C3=CC4C(C=C3c3ccccc3)C(C)(C)CCC4(C)C)c3cc4c(o3)C(C)(C)CCC4(C)C)c2)c2ccc3c(c2)C(C)(C)CCC3(C)C)cc1CC. The Morgan fingerprint density at radius 2 is 1.03 bits per heavy atom. The molecule has 0 N–H and O–H groups in total. The third kappa shape index (κ3) is 8.02. The molecule has 0 amide bonds. The maximum absolute atomic E-state index is 7.45. The first kappa shape index (κ1) is 46.4. The summed E-state index contributed by atoms with van der Waals surface area (Å²) >= 11 is 0. The minimum atomic E-state index is -0.0701. The first-order chi connectivity index (χ1) is 31.0. The number of anilines is 5. The molecule has 2 unspecified atom stereocenters. The molecule has 2 atom stereocenters. The molecule has 5 aromatic rings. The number of fused-ring (bicyclic) bond motifs is 3. The summed E-state index contributed by atoms with van der Waals surface area (Å²) in [7, 11) is 0. The molecule has 4 aromatic carbocycles. The molecule has 0 spiro atoms. The van der Waals surface area contributed by atoms with Gasteiger partial charge in [0.25, 0.3) is 0 Å². The normalized spacial score (nSPS) is 22.8. The van der Waals surface area contributed by atoms with E-state index in [-0.39, 0.29) is 32.5 Å². The molecule has 1 aromatic heterocycles. The highest BCUT2D eigenvalue weighted by atomic mass is 16.4. The van der Waals surface area contributed by atoms with E-state index in [4.69, 9.17) is 4.42 Å². The van der Waals surface area contributed by atoms with Crippen molar-refractivity contribution in [1.82, 2.24) is 0 Å². The van der Waals surface area contributed by atoms with Crippen LogP contribution in [0.2, 0.25) is 0 Å². The van der Waals surface area contributed by atoms with Gasteiger partial charge in [0.2, 0.25) is 5.88 Å². The van der Waals surface area contributed by atoms with Gasteiger partial charge in [0.05, 0.1) is 11.4 Å². The van der Waals surface area contributed by atoms with Crippen molar-refractivity contribution in [1.29, 1.82) is 0 Å². The molecule has 66 heavy (non-hydrogen) atoms. The van der Waals surface area contributed by atoms with Crippen LogP contribution in [0.1, 0.15) is 180 Å². The van der Waals surface area contributed by atoms with Crippen molar-refractivity contribution >= 4 is 34.2 Å². The highest BCUT2D eigenvalue weighted by Crippen LogP contribution is 2.59. The zero-order chi connectivity index (χ0) is 47.4. The summed E-state index contributed by atoms with van der Waals surface area (Å²) in [5.41, 5.74) is 17.3. The van der Waals surface area contributed by atoms with Gasteiger partial charge in [-0.15, -0.1) is 0 Å². The zero-order valence-electron chi connectivity index (χ0n) is 43.4. The molecule has 0 saturated heterocycles. The van der Waals surface area contributed by atoms with Gasteiger partial charge in [-0.3, -0.25) is 4.90 Å². The molecule has 3 nitrogen and oxygen atoms in total. The molecule has 348 valence electrons. The summed E-state index contributed by atoms with van der Waals surface area (Å²) in [6, 6.07) is 35.5. The Kier molecular flexibility index (Phi) is 11.4. The van der Waals surface area contributed by atoms with Crippen LogP contribution in [-0.4, -0.2) is 0 Å². The van der Waals surface area contributed by atoms with Crippen LogP contribution in [0.25, 0.3) is 5.57 Å². The van der Waals surface area contributed by atoms with Crippen molar-refractivity contribution in [3.63, 3.8) is 0 Å². The molecule has 1 fully saturated rings. The van der Waals surface area contributed by atoms with E-state index in [1.807, 2.05) is 0 Å². The molecule has 0 radical (unpaired) electrons. The zero-order valence-corrected chi connectivity index (χ0v) is 43.4. The van der Waals surface area contributed by atoms with Gasteiger partial charge in [0.1, 0.15) is 5.76 Å². The lowest BCUT2D eigenvalue weighted by atomic mass is 9.53. The van der Waals surface area contributed by atoms with E-state index in [0.717, 1.165) is 48.7 Å². The second-order valence-corrected chi connectivity index (χ2v) is 25.0. The number of furan rings is 1. The first-order valence-electron chi connectivity index (χ1n) is 25.6. The maximum atomic E-state index is 7.45. The topological polar surface area (TPSA) is 19.6 Å². The summed E-state index contributed by atoms with van der Waals surface area (Å²) in [6.45, 7) is 36.2. The van der Waals surface area contributed by atoms with Gasteiger partial charge in [0, 0.05) is 39.7 Å². The van der Waals surface area contributed by atoms with Crippen molar-refractivity contribution in [2.24, 2.45) is 22.7 Å². The van der Waals surface area contributed by atoms with Crippen LogP contribution in [0, 0.1) is 29.6 Å². The Balaban J connectivity index is 1.32. The minimum Gasteiger partial charge on any atom is -0.444 e. The van der Waals surface area contributed by atoms with E-state index in [9.17, 15) is 0 Å². The van der Waals surface area contributed by atoms with Gasteiger partial charge in [-0.25, -0.2) is 0 Å². The number of nitrogens with zero attached hydrogens (tertiary/aromatic N) is 2. The van der Waals surface area contributed by atoms with E-state index in [1.165, 1.54) is 87.3 Å². The second-order valence-electron chi connectivity index (χ2n) is 25.0. The number of benzene rings is 4. The lowest BCUT2D eigenvalue weighted by molar-refractivity contribution is 0.0331. The Morgan fingerprint density at radius 3 is 1.65 bits per heavy atom. The molecule has 0 aliphatic heterocycles. The van der Waals surface area contributed by atoms with Gasteiger partial charge >= 0.3 is 0 Å². The van der Waals surface area contributed by atoms with Crippen LogP contribution >= 0.6 is 0 Å². The van der Waals surface area contributed by atoms with Gasteiger partial charge in [-0.05, 0) is 173 Å². The second kappa shape index (κ2) is 16.2. The van der Waals surface area contributed by atoms with Crippen molar-refractivity contribution < 1.29 is 4.42 Å². The van der Waals surface area contributed by atoms with Gasteiger partial charge in [0.15, 0.2) is 0 Å². The number of rotatable bonds is 9. The van der Waals surface area contributed by atoms with Crippen molar-refractivity contribution in [3.05, 3.63) is 154 Å². The highest BCUT2D eigenvalue weighted by Gasteiger charge is 2.49. The smallest absolute Gasteiger partial charge is 0.204 e. The Hall–Kier alpha value is -4.76. The van der Waals surface area contributed by atoms with E-state index < -0.39 is 0 Å². The summed E-state index contributed by atoms with van der Waals surface area (Å²) < 4.78 is 7.45. The summed E-state index contributed by atoms with van der Waals surface area (Å²) in [4.78, 5) is 5.08. The monoisotopic (exact) mass is 881 g/mol. The van der Waals surface area contributed by atoms with E-state index in [0.29, 0.717) is 11.8 Å². The van der Waals surface area contributed by atoms with E-state index in [1.54, 1.807) is 0 Å². The largest absolute Gasteiger partial charge is 0.444 e. The number of allylic oxidation sites excluding steroid dienone is 3. The van der Waals surface area contributed by atoms with Crippen LogP contribution in [0.4, 0.5) is 28.6 Å².